The summed E-state index contributed by atoms with van der Waals surface area (Å²) in [6.07, 6.45) is 2.94. The zero-order chi connectivity index (χ0) is 20.2. The molecule has 144 valence electrons. The molecule has 0 bridgehead atoms. The highest BCUT2D eigenvalue weighted by Gasteiger charge is 2.16. The van der Waals surface area contributed by atoms with Crippen LogP contribution in [-0.4, -0.2) is 14.1 Å². The number of aromatic amines is 1. The number of aryl methyl sites for hydroxylation is 3. The molecular formula is C23H20N4O2. The Morgan fingerprint density at radius 3 is 2.03 bits per heavy atom. The highest BCUT2D eigenvalue weighted by molar-refractivity contribution is 5.81. The van der Waals surface area contributed by atoms with E-state index in [0.717, 1.165) is 17.5 Å². The first-order chi connectivity index (χ1) is 14.2. The lowest BCUT2D eigenvalue weighted by Crippen LogP contribution is -2.36. The maximum atomic E-state index is 13.1. The van der Waals surface area contributed by atoms with E-state index in [1.54, 1.807) is 10.8 Å². The minimum Gasteiger partial charge on any atom is -0.340 e. The number of nitrogens with zero attached hydrogens (tertiary/aromatic N) is 3. The van der Waals surface area contributed by atoms with Crippen molar-refractivity contribution in [2.75, 3.05) is 0 Å². The van der Waals surface area contributed by atoms with E-state index in [9.17, 15) is 14.9 Å². The normalized spacial score (nSPS) is 10.9. The largest absolute Gasteiger partial charge is 0.340 e. The molecular weight excluding hydrogens is 364 g/mol. The van der Waals surface area contributed by atoms with E-state index >= 15 is 0 Å². The first kappa shape index (κ1) is 18.5. The molecule has 0 saturated carbocycles. The lowest BCUT2D eigenvalue weighted by atomic mass is 10.1. The maximum absolute atomic E-state index is 13.1. The van der Waals surface area contributed by atoms with Crippen LogP contribution in [0.4, 0.5) is 0 Å². The quantitative estimate of drug-likeness (QED) is 0.555. The van der Waals surface area contributed by atoms with Gasteiger partial charge in [-0.25, -0.2) is 4.79 Å². The number of hydrogen-bond acceptors (Lipinski definition) is 3. The fraction of sp³-hybridized carbons (Fsp3) is 0.174. The molecule has 4 rings (SSSR count). The number of hydrogen-bond donors (Lipinski definition) is 1. The Labute approximate surface area is 167 Å². The van der Waals surface area contributed by atoms with Gasteiger partial charge in [0.2, 0.25) is 0 Å². The molecule has 2 heterocycles. The molecule has 0 amide bonds. The SMILES string of the molecule is N#Cc1cn(CCc2ccccc2)c2c(=O)n(CCc3ccccc3)c(=O)[nH]c12. The molecule has 4 aromatic rings. The zero-order valence-corrected chi connectivity index (χ0v) is 15.8. The van der Waals surface area contributed by atoms with E-state index in [1.807, 2.05) is 60.7 Å². The van der Waals surface area contributed by atoms with Crippen molar-refractivity contribution >= 4 is 11.0 Å². The number of aromatic nitrogens is 3. The van der Waals surface area contributed by atoms with E-state index < -0.39 is 5.69 Å². The van der Waals surface area contributed by atoms with Gasteiger partial charge in [0.15, 0.2) is 0 Å². The molecule has 0 aliphatic rings. The van der Waals surface area contributed by atoms with E-state index in [0.29, 0.717) is 29.6 Å². The van der Waals surface area contributed by atoms with E-state index in [-0.39, 0.29) is 12.1 Å². The molecule has 0 spiro atoms. The van der Waals surface area contributed by atoms with E-state index in [1.165, 1.54) is 4.57 Å². The predicted octanol–water partition coefficient (Wildman–Crippen LogP) is 2.85. The highest BCUT2D eigenvalue weighted by atomic mass is 16.2. The Balaban J connectivity index is 1.72. The van der Waals surface area contributed by atoms with Crippen LogP contribution in [-0.2, 0) is 25.9 Å². The van der Waals surface area contributed by atoms with Crippen molar-refractivity contribution in [2.45, 2.75) is 25.9 Å². The fourth-order valence-electron chi connectivity index (χ4n) is 3.55. The Kier molecular flexibility index (Phi) is 5.12. The van der Waals surface area contributed by atoms with Crippen LogP contribution < -0.4 is 11.2 Å². The zero-order valence-electron chi connectivity index (χ0n) is 15.8. The molecule has 29 heavy (non-hydrogen) atoms. The number of H-pyrrole nitrogens is 1. The van der Waals surface area contributed by atoms with Gasteiger partial charge in [0.1, 0.15) is 11.6 Å². The van der Waals surface area contributed by atoms with Crippen LogP contribution in [0, 0.1) is 11.3 Å². The van der Waals surface area contributed by atoms with Crippen molar-refractivity contribution in [1.82, 2.24) is 14.1 Å². The van der Waals surface area contributed by atoms with Gasteiger partial charge in [-0.15, -0.1) is 0 Å². The predicted molar refractivity (Wildman–Crippen MR) is 112 cm³/mol. The van der Waals surface area contributed by atoms with Crippen LogP contribution in [0.25, 0.3) is 11.0 Å². The van der Waals surface area contributed by atoms with Crippen molar-refractivity contribution in [3.8, 4) is 6.07 Å². The molecule has 0 atom stereocenters. The van der Waals surface area contributed by atoms with Gasteiger partial charge < -0.3 is 9.55 Å². The number of fused-ring (bicyclic) bond motifs is 1. The second-order valence-electron chi connectivity index (χ2n) is 6.93. The standard InChI is InChI=1S/C23H20N4O2/c24-15-19-16-26(13-11-17-7-3-1-4-8-17)21-20(19)25-23(29)27(22(21)28)14-12-18-9-5-2-6-10-18/h1-10,16H,11-14H2,(H,25,29). The van der Waals surface area contributed by atoms with Gasteiger partial charge in [-0.1, -0.05) is 60.7 Å². The van der Waals surface area contributed by atoms with Gasteiger partial charge in [0.25, 0.3) is 5.56 Å². The lowest BCUT2D eigenvalue weighted by Gasteiger charge is -2.08. The minimum absolute atomic E-state index is 0.278. The van der Waals surface area contributed by atoms with Gasteiger partial charge >= 0.3 is 5.69 Å². The molecule has 2 aromatic heterocycles. The van der Waals surface area contributed by atoms with Crippen molar-refractivity contribution in [3.05, 3.63) is 104 Å². The Morgan fingerprint density at radius 1 is 0.862 bits per heavy atom. The number of benzene rings is 2. The molecule has 0 unspecified atom stereocenters. The molecule has 0 aliphatic carbocycles. The second-order valence-corrected chi connectivity index (χ2v) is 6.93. The summed E-state index contributed by atoms with van der Waals surface area (Å²) in [5, 5.41) is 9.44. The summed E-state index contributed by atoms with van der Waals surface area (Å²) in [6, 6.07) is 21.7. The third-order valence-electron chi connectivity index (χ3n) is 5.07. The summed E-state index contributed by atoms with van der Waals surface area (Å²) in [6.45, 7) is 0.821. The van der Waals surface area contributed by atoms with Gasteiger partial charge in [-0.2, -0.15) is 5.26 Å². The van der Waals surface area contributed by atoms with Crippen LogP contribution >= 0.6 is 0 Å². The third-order valence-corrected chi connectivity index (χ3v) is 5.07. The number of rotatable bonds is 6. The minimum atomic E-state index is -0.490. The second kappa shape index (κ2) is 8.03. The van der Waals surface area contributed by atoms with Gasteiger partial charge in [-0.05, 0) is 24.0 Å². The summed E-state index contributed by atoms with van der Waals surface area (Å²) in [7, 11) is 0. The molecule has 0 radical (unpaired) electrons. The molecule has 0 fully saturated rings. The van der Waals surface area contributed by atoms with Gasteiger partial charge in [0.05, 0.1) is 11.1 Å². The first-order valence-corrected chi connectivity index (χ1v) is 9.51. The molecule has 1 N–H and O–H groups in total. The number of nitriles is 1. The van der Waals surface area contributed by atoms with Crippen LogP contribution in [0.2, 0.25) is 0 Å². The van der Waals surface area contributed by atoms with Gasteiger partial charge in [-0.3, -0.25) is 9.36 Å². The summed E-state index contributed by atoms with van der Waals surface area (Å²) < 4.78 is 2.99. The summed E-state index contributed by atoms with van der Waals surface area (Å²) in [5.41, 5.74) is 2.32. The van der Waals surface area contributed by atoms with E-state index in [2.05, 4.69) is 11.1 Å². The Morgan fingerprint density at radius 2 is 1.45 bits per heavy atom. The smallest absolute Gasteiger partial charge is 0.328 e. The topological polar surface area (TPSA) is 83.6 Å². The molecule has 6 heteroatoms. The Hall–Kier alpha value is -3.85. The average molecular weight is 384 g/mol. The average Bonchev–Trinajstić information content (AvgIpc) is 3.11. The molecule has 0 aliphatic heterocycles. The van der Waals surface area contributed by atoms with Crippen molar-refractivity contribution < 1.29 is 0 Å². The molecule has 0 saturated heterocycles. The lowest BCUT2D eigenvalue weighted by molar-refractivity contribution is 0.628. The molecule has 6 nitrogen and oxygen atoms in total. The van der Waals surface area contributed by atoms with Crippen LogP contribution in [0.1, 0.15) is 16.7 Å². The van der Waals surface area contributed by atoms with Crippen molar-refractivity contribution in [3.63, 3.8) is 0 Å². The molecule has 2 aromatic carbocycles. The highest BCUT2D eigenvalue weighted by Crippen LogP contribution is 2.15. The summed E-state index contributed by atoms with van der Waals surface area (Å²) in [5.74, 6) is 0. The van der Waals surface area contributed by atoms with Crippen LogP contribution in [0.15, 0.2) is 76.4 Å². The van der Waals surface area contributed by atoms with Crippen molar-refractivity contribution in [2.24, 2.45) is 0 Å². The van der Waals surface area contributed by atoms with Crippen LogP contribution in [0.3, 0.4) is 0 Å². The fourth-order valence-corrected chi connectivity index (χ4v) is 3.55. The van der Waals surface area contributed by atoms with E-state index in [4.69, 9.17) is 0 Å². The third kappa shape index (κ3) is 3.76. The number of nitrogens with one attached hydrogen (secondary N) is 1. The van der Waals surface area contributed by atoms with Crippen molar-refractivity contribution in [1.29, 1.82) is 5.26 Å². The summed E-state index contributed by atoms with van der Waals surface area (Å²) >= 11 is 0. The van der Waals surface area contributed by atoms with Gasteiger partial charge in [0, 0.05) is 19.3 Å². The monoisotopic (exact) mass is 384 g/mol. The Bertz CT molecular complexity index is 1290. The van der Waals surface area contributed by atoms with Crippen LogP contribution in [0.5, 0.6) is 0 Å². The maximum Gasteiger partial charge on any atom is 0.328 e. The summed E-state index contributed by atoms with van der Waals surface area (Å²) in [4.78, 5) is 28.4. The first-order valence-electron chi connectivity index (χ1n) is 9.51.